The van der Waals surface area contributed by atoms with Crippen LogP contribution in [0.2, 0.25) is 0 Å². The van der Waals surface area contributed by atoms with Gasteiger partial charge in [0.2, 0.25) is 0 Å². The zero-order valence-electron chi connectivity index (χ0n) is 19.5. The van der Waals surface area contributed by atoms with E-state index in [4.69, 9.17) is 4.74 Å². The molecule has 1 aliphatic rings. The lowest BCUT2D eigenvalue weighted by atomic mass is 9.82. The van der Waals surface area contributed by atoms with Gasteiger partial charge in [0.1, 0.15) is 6.10 Å². The summed E-state index contributed by atoms with van der Waals surface area (Å²) in [7, 11) is 0. The smallest absolute Gasteiger partial charge is 0.309 e. The lowest BCUT2D eigenvalue weighted by molar-refractivity contribution is -0.158. The fourth-order valence-corrected chi connectivity index (χ4v) is 4.66. The van der Waals surface area contributed by atoms with Crippen molar-refractivity contribution < 1.29 is 19.4 Å². The van der Waals surface area contributed by atoms with Gasteiger partial charge in [0.25, 0.3) is 0 Å². The van der Waals surface area contributed by atoms with E-state index in [9.17, 15) is 14.7 Å². The Bertz CT molecular complexity index is 452. The van der Waals surface area contributed by atoms with Crippen LogP contribution in [-0.2, 0) is 14.3 Å². The largest absolute Gasteiger partial charge is 0.481 e. The number of carbonyl (C=O) groups excluding carboxylic acids is 1. The number of esters is 1. The first kappa shape index (κ1) is 26.0. The number of carboxylic acids is 1. The number of carboxylic acid groups (broad SMARTS) is 1. The molecule has 0 aromatic carbocycles. The van der Waals surface area contributed by atoms with E-state index in [-0.39, 0.29) is 23.9 Å². The number of hydrogen-bond donors (Lipinski definition) is 1. The topological polar surface area (TPSA) is 63.6 Å². The average Bonchev–Trinajstić information content (AvgIpc) is 2.68. The molecule has 1 rings (SSSR count). The number of rotatable bonds is 15. The molecule has 0 spiro atoms. The lowest BCUT2D eigenvalue weighted by Gasteiger charge is -2.28. The maximum Gasteiger partial charge on any atom is 0.309 e. The maximum atomic E-state index is 12.8. The molecule has 2 unspecified atom stereocenters. The Labute approximate surface area is 179 Å². The number of carbonyl (C=O) groups is 2. The monoisotopic (exact) mass is 410 g/mol. The van der Waals surface area contributed by atoms with Crippen molar-refractivity contribution in [2.45, 2.75) is 124 Å². The van der Waals surface area contributed by atoms with Gasteiger partial charge in [-0.2, -0.15) is 0 Å². The Kier molecular flexibility index (Phi) is 13.3. The second kappa shape index (κ2) is 14.8. The minimum atomic E-state index is -0.724. The predicted molar refractivity (Wildman–Crippen MR) is 119 cm³/mol. The molecule has 0 bridgehead atoms. The van der Waals surface area contributed by atoms with Gasteiger partial charge in [-0.1, -0.05) is 72.6 Å². The predicted octanol–water partition coefficient (Wildman–Crippen LogP) is 7.00. The summed E-state index contributed by atoms with van der Waals surface area (Å²) >= 11 is 0. The van der Waals surface area contributed by atoms with E-state index in [0.29, 0.717) is 37.5 Å². The van der Waals surface area contributed by atoms with Crippen LogP contribution in [0.25, 0.3) is 0 Å². The van der Waals surface area contributed by atoms with Gasteiger partial charge in [-0.3, -0.25) is 9.59 Å². The van der Waals surface area contributed by atoms with Crippen molar-refractivity contribution in [1.29, 1.82) is 0 Å². The summed E-state index contributed by atoms with van der Waals surface area (Å²) in [6, 6.07) is 0. The second-order valence-electron chi connectivity index (χ2n) is 9.66. The average molecular weight is 411 g/mol. The molecule has 0 heterocycles. The van der Waals surface area contributed by atoms with Crippen LogP contribution in [0, 0.1) is 23.7 Å². The molecule has 0 saturated heterocycles. The SMILES string of the molecule is CCCCCC(CCC)CC(CCCC(C)C)OC(=O)C1CCC(C(=O)O)CC1. The molecule has 0 aliphatic heterocycles. The molecule has 170 valence electrons. The van der Waals surface area contributed by atoms with E-state index in [0.717, 1.165) is 19.3 Å². The number of ether oxygens (including phenoxy) is 1. The van der Waals surface area contributed by atoms with Gasteiger partial charge in [-0.05, 0) is 56.8 Å². The van der Waals surface area contributed by atoms with E-state index in [1.54, 1.807) is 0 Å². The standard InChI is InChI=1S/C25H46O4/c1-5-7-8-12-20(10-6-2)18-23(13-9-11-19(3)4)29-25(28)22-16-14-21(15-17-22)24(26)27/h19-23H,5-18H2,1-4H3,(H,26,27). The summed E-state index contributed by atoms with van der Waals surface area (Å²) in [5.41, 5.74) is 0. The molecule has 1 fully saturated rings. The van der Waals surface area contributed by atoms with Crippen molar-refractivity contribution in [1.82, 2.24) is 0 Å². The highest BCUT2D eigenvalue weighted by Gasteiger charge is 2.32. The number of aliphatic carboxylic acids is 1. The molecule has 2 atom stereocenters. The molecule has 0 amide bonds. The molecule has 29 heavy (non-hydrogen) atoms. The first-order valence-corrected chi connectivity index (χ1v) is 12.3. The molecule has 0 aromatic rings. The van der Waals surface area contributed by atoms with E-state index in [1.807, 2.05) is 0 Å². The Morgan fingerprint density at radius 3 is 2.07 bits per heavy atom. The molecular formula is C25H46O4. The van der Waals surface area contributed by atoms with Crippen molar-refractivity contribution in [2.24, 2.45) is 23.7 Å². The number of hydrogen-bond acceptors (Lipinski definition) is 3. The van der Waals surface area contributed by atoms with Crippen molar-refractivity contribution in [3.8, 4) is 0 Å². The van der Waals surface area contributed by atoms with Crippen LogP contribution in [-0.4, -0.2) is 23.1 Å². The summed E-state index contributed by atoms with van der Waals surface area (Å²) in [5.74, 6) is 0.126. The van der Waals surface area contributed by atoms with Gasteiger partial charge in [0.15, 0.2) is 0 Å². The van der Waals surface area contributed by atoms with Crippen LogP contribution in [0.1, 0.15) is 118 Å². The third-order valence-corrected chi connectivity index (χ3v) is 6.51. The van der Waals surface area contributed by atoms with Crippen LogP contribution < -0.4 is 0 Å². The van der Waals surface area contributed by atoms with Crippen molar-refractivity contribution in [2.75, 3.05) is 0 Å². The van der Waals surface area contributed by atoms with Crippen LogP contribution >= 0.6 is 0 Å². The van der Waals surface area contributed by atoms with Crippen molar-refractivity contribution >= 4 is 11.9 Å². The minimum absolute atomic E-state index is 0.0247. The first-order valence-electron chi connectivity index (χ1n) is 12.3. The van der Waals surface area contributed by atoms with E-state index in [2.05, 4.69) is 27.7 Å². The maximum absolute atomic E-state index is 12.8. The first-order chi connectivity index (χ1) is 13.9. The highest BCUT2D eigenvalue weighted by atomic mass is 16.5. The highest BCUT2D eigenvalue weighted by Crippen LogP contribution is 2.31. The van der Waals surface area contributed by atoms with Gasteiger partial charge in [0.05, 0.1) is 11.8 Å². The molecule has 1 saturated carbocycles. The Balaban J connectivity index is 2.62. The van der Waals surface area contributed by atoms with Crippen LogP contribution in [0.3, 0.4) is 0 Å². The van der Waals surface area contributed by atoms with Crippen molar-refractivity contribution in [3.63, 3.8) is 0 Å². The molecule has 0 radical (unpaired) electrons. The van der Waals surface area contributed by atoms with E-state index >= 15 is 0 Å². The van der Waals surface area contributed by atoms with Gasteiger partial charge < -0.3 is 9.84 Å². The highest BCUT2D eigenvalue weighted by molar-refractivity contribution is 5.74. The summed E-state index contributed by atoms with van der Waals surface area (Å²) in [4.78, 5) is 24.0. The van der Waals surface area contributed by atoms with Crippen LogP contribution in [0.15, 0.2) is 0 Å². The number of unbranched alkanes of at least 4 members (excludes halogenated alkanes) is 2. The molecular weight excluding hydrogens is 364 g/mol. The molecule has 1 aliphatic carbocycles. The van der Waals surface area contributed by atoms with Crippen molar-refractivity contribution in [3.05, 3.63) is 0 Å². The zero-order chi connectivity index (χ0) is 21.6. The minimum Gasteiger partial charge on any atom is -0.481 e. The normalized spacial score (nSPS) is 21.7. The van der Waals surface area contributed by atoms with Gasteiger partial charge in [0, 0.05) is 0 Å². The second-order valence-corrected chi connectivity index (χ2v) is 9.66. The third kappa shape index (κ3) is 11.1. The van der Waals surface area contributed by atoms with E-state index in [1.165, 1.54) is 44.9 Å². The summed E-state index contributed by atoms with van der Waals surface area (Å²) in [6.45, 7) is 8.97. The Hall–Kier alpha value is -1.06. The Morgan fingerprint density at radius 1 is 0.862 bits per heavy atom. The summed E-state index contributed by atoms with van der Waals surface area (Å²) in [6.07, 6.45) is 14.2. The lowest BCUT2D eigenvalue weighted by Crippen LogP contribution is -2.30. The van der Waals surface area contributed by atoms with Gasteiger partial charge in [-0.15, -0.1) is 0 Å². The molecule has 0 aromatic heterocycles. The van der Waals surface area contributed by atoms with Gasteiger partial charge in [-0.25, -0.2) is 0 Å². The fraction of sp³-hybridized carbons (Fsp3) is 0.920. The molecule has 1 N–H and O–H groups in total. The zero-order valence-corrected chi connectivity index (χ0v) is 19.5. The summed E-state index contributed by atoms with van der Waals surface area (Å²) in [5, 5.41) is 9.17. The van der Waals surface area contributed by atoms with E-state index < -0.39 is 5.97 Å². The van der Waals surface area contributed by atoms with Crippen LogP contribution in [0.4, 0.5) is 0 Å². The quantitative estimate of drug-likeness (QED) is 0.233. The third-order valence-electron chi connectivity index (χ3n) is 6.51. The molecule has 4 heteroatoms. The molecule has 4 nitrogen and oxygen atoms in total. The van der Waals surface area contributed by atoms with Crippen LogP contribution in [0.5, 0.6) is 0 Å². The summed E-state index contributed by atoms with van der Waals surface area (Å²) < 4.78 is 6.06. The fourth-order valence-electron chi connectivity index (χ4n) is 4.66. The van der Waals surface area contributed by atoms with Gasteiger partial charge >= 0.3 is 11.9 Å². The Morgan fingerprint density at radius 2 is 1.52 bits per heavy atom.